The maximum absolute atomic E-state index is 12.5. The summed E-state index contributed by atoms with van der Waals surface area (Å²) in [6.07, 6.45) is 3.50. The summed E-state index contributed by atoms with van der Waals surface area (Å²) in [7, 11) is 1.93. The number of halogens is 1. The van der Waals surface area contributed by atoms with Gasteiger partial charge in [0, 0.05) is 18.8 Å². The first-order valence-electron chi connectivity index (χ1n) is 7.80. The standard InChI is InChI=1S/C19H22N2O.ClH/c1-21(19(22)12-14-6-9-17(20)10-7-14)18-11-8-15-4-2-3-5-16(15)13-18;/h2-7,9-10,18H,8,11-13,20H2,1H3;1H. The van der Waals surface area contributed by atoms with Crippen LogP contribution in [-0.4, -0.2) is 23.9 Å². The van der Waals surface area contributed by atoms with Gasteiger partial charge in [0.1, 0.15) is 0 Å². The highest BCUT2D eigenvalue weighted by atomic mass is 35.5. The molecule has 122 valence electrons. The number of nitrogens with zero attached hydrogens (tertiary/aromatic N) is 1. The SMILES string of the molecule is CN(C(=O)Cc1ccc(N)cc1)C1CCc2ccccc2C1.Cl. The van der Waals surface area contributed by atoms with Gasteiger partial charge in [0.05, 0.1) is 6.42 Å². The van der Waals surface area contributed by atoms with Gasteiger partial charge in [-0.1, -0.05) is 36.4 Å². The van der Waals surface area contributed by atoms with E-state index in [4.69, 9.17) is 5.73 Å². The van der Waals surface area contributed by atoms with E-state index >= 15 is 0 Å². The number of benzene rings is 2. The van der Waals surface area contributed by atoms with Crippen LogP contribution in [0.15, 0.2) is 48.5 Å². The molecule has 0 saturated heterocycles. The minimum absolute atomic E-state index is 0. The third-order valence-electron chi connectivity index (χ3n) is 4.60. The maximum Gasteiger partial charge on any atom is 0.226 e. The second-order valence-electron chi connectivity index (χ2n) is 6.09. The van der Waals surface area contributed by atoms with Crippen LogP contribution in [0.1, 0.15) is 23.1 Å². The summed E-state index contributed by atoms with van der Waals surface area (Å²) >= 11 is 0. The minimum atomic E-state index is 0. The predicted molar refractivity (Wildman–Crippen MR) is 96.8 cm³/mol. The van der Waals surface area contributed by atoms with Gasteiger partial charge in [-0.2, -0.15) is 0 Å². The van der Waals surface area contributed by atoms with Gasteiger partial charge >= 0.3 is 0 Å². The number of anilines is 1. The van der Waals surface area contributed by atoms with E-state index in [2.05, 4.69) is 24.3 Å². The summed E-state index contributed by atoms with van der Waals surface area (Å²) in [5.41, 5.74) is 10.2. The molecule has 0 aromatic heterocycles. The molecule has 4 heteroatoms. The van der Waals surface area contributed by atoms with Gasteiger partial charge in [0.25, 0.3) is 0 Å². The average Bonchev–Trinajstić information content (AvgIpc) is 2.55. The number of amides is 1. The summed E-state index contributed by atoms with van der Waals surface area (Å²) in [5.74, 6) is 0.175. The Morgan fingerprint density at radius 3 is 2.48 bits per heavy atom. The first kappa shape index (κ1) is 17.4. The van der Waals surface area contributed by atoms with Crippen LogP contribution < -0.4 is 5.73 Å². The first-order valence-corrected chi connectivity index (χ1v) is 7.80. The fourth-order valence-corrected chi connectivity index (χ4v) is 3.15. The molecular weight excluding hydrogens is 308 g/mol. The molecule has 1 aliphatic rings. The Balaban J connectivity index is 0.00000192. The zero-order valence-electron chi connectivity index (χ0n) is 13.4. The van der Waals surface area contributed by atoms with E-state index in [1.54, 1.807) is 0 Å². The Morgan fingerprint density at radius 2 is 1.78 bits per heavy atom. The van der Waals surface area contributed by atoms with E-state index < -0.39 is 0 Å². The van der Waals surface area contributed by atoms with Crippen LogP contribution in [0.2, 0.25) is 0 Å². The molecule has 0 radical (unpaired) electrons. The smallest absolute Gasteiger partial charge is 0.226 e. The van der Waals surface area contributed by atoms with Gasteiger partial charge in [-0.25, -0.2) is 0 Å². The molecule has 1 unspecified atom stereocenters. The zero-order chi connectivity index (χ0) is 15.5. The van der Waals surface area contributed by atoms with E-state index in [0.717, 1.165) is 30.5 Å². The van der Waals surface area contributed by atoms with Crippen molar-refractivity contribution < 1.29 is 4.79 Å². The van der Waals surface area contributed by atoms with E-state index in [1.807, 2.05) is 36.2 Å². The maximum atomic E-state index is 12.5. The van der Waals surface area contributed by atoms with E-state index in [1.165, 1.54) is 11.1 Å². The Bertz CT molecular complexity index is 669. The van der Waals surface area contributed by atoms with Crippen molar-refractivity contribution in [2.45, 2.75) is 31.7 Å². The van der Waals surface area contributed by atoms with Crippen molar-refractivity contribution in [3.63, 3.8) is 0 Å². The highest BCUT2D eigenvalue weighted by Gasteiger charge is 2.24. The van der Waals surface area contributed by atoms with Gasteiger partial charge in [-0.15, -0.1) is 12.4 Å². The molecule has 1 aliphatic carbocycles. The van der Waals surface area contributed by atoms with Crippen LogP contribution in [0.25, 0.3) is 0 Å². The van der Waals surface area contributed by atoms with Gasteiger partial charge in [-0.3, -0.25) is 4.79 Å². The number of nitrogens with two attached hydrogens (primary N) is 1. The molecule has 0 bridgehead atoms. The molecule has 1 amide bonds. The predicted octanol–water partition coefficient (Wildman–Crippen LogP) is 3.25. The van der Waals surface area contributed by atoms with Crippen molar-refractivity contribution in [2.75, 3.05) is 12.8 Å². The number of carbonyl (C=O) groups excluding carboxylic acids is 1. The third kappa shape index (κ3) is 4.05. The first-order chi connectivity index (χ1) is 10.6. The molecule has 0 heterocycles. The van der Waals surface area contributed by atoms with Crippen molar-refractivity contribution in [3.8, 4) is 0 Å². The topological polar surface area (TPSA) is 46.3 Å². The lowest BCUT2D eigenvalue weighted by atomic mass is 9.87. The van der Waals surface area contributed by atoms with Gasteiger partial charge in [0.15, 0.2) is 0 Å². The van der Waals surface area contributed by atoms with Crippen LogP contribution >= 0.6 is 12.4 Å². The molecule has 3 rings (SSSR count). The number of nitrogen functional groups attached to an aromatic ring is 1. The van der Waals surface area contributed by atoms with Gasteiger partial charge in [0.2, 0.25) is 5.91 Å². The lowest BCUT2D eigenvalue weighted by molar-refractivity contribution is -0.131. The fraction of sp³-hybridized carbons (Fsp3) is 0.316. The number of fused-ring (bicyclic) bond motifs is 1. The van der Waals surface area contributed by atoms with Crippen molar-refractivity contribution in [1.82, 2.24) is 4.90 Å². The number of hydrogen-bond donors (Lipinski definition) is 1. The van der Waals surface area contributed by atoms with E-state index in [9.17, 15) is 4.79 Å². The lowest BCUT2D eigenvalue weighted by Crippen LogP contribution is -2.41. The molecule has 0 spiro atoms. The summed E-state index contributed by atoms with van der Waals surface area (Å²) in [6, 6.07) is 16.4. The molecule has 0 aliphatic heterocycles. The van der Waals surface area contributed by atoms with Crippen LogP contribution in [0.5, 0.6) is 0 Å². The highest BCUT2D eigenvalue weighted by molar-refractivity contribution is 5.85. The minimum Gasteiger partial charge on any atom is -0.399 e. The van der Waals surface area contributed by atoms with Gasteiger partial charge < -0.3 is 10.6 Å². The summed E-state index contributed by atoms with van der Waals surface area (Å²) in [5, 5.41) is 0. The Labute approximate surface area is 143 Å². The number of aryl methyl sites for hydroxylation is 1. The number of carbonyl (C=O) groups is 1. The average molecular weight is 331 g/mol. The molecule has 2 aromatic rings. The number of hydrogen-bond acceptors (Lipinski definition) is 2. The van der Waals surface area contributed by atoms with Crippen molar-refractivity contribution in [3.05, 3.63) is 65.2 Å². The third-order valence-corrected chi connectivity index (χ3v) is 4.60. The normalized spacial score (nSPS) is 16.1. The van der Waals surface area contributed by atoms with Crippen LogP contribution in [0.3, 0.4) is 0 Å². The quantitative estimate of drug-likeness (QED) is 0.878. The van der Waals surface area contributed by atoms with Crippen molar-refractivity contribution >= 4 is 24.0 Å². The summed E-state index contributed by atoms with van der Waals surface area (Å²) in [4.78, 5) is 14.4. The van der Waals surface area contributed by atoms with E-state index in [-0.39, 0.29) is 18.3 Å². The highest BCUT2D eigenvalue weighted by Crippen LogP contribution is 2.24. The van der Waals surface area contributed by atoms with Crippen molar-refractivity contribution in [2.24, 2.45) is 0 Å². The van der Waals surface area contributed by atoms with E-state index in [0.29, 0.717) is 12.5 Å². The molecule has 2 aromatic carbocycles. The lowest BCUT2D eigenvalue weighted by Gasteiger charge is -2.32. The molecule has 1 atom stereocenters. The Kier molecular flexibility index (Phi) is 5.67. The van der Waals surface area contributed by atoms with Crippen LogP contribution in [0, 0.1) is 0 Å². The summed E-state index contributed by atoms with van der Waals surface area (Å²) in [6.45, 7) is 0. The van der Waals surface area contributed by atoms with Gasteiger partial charge in [-0.05, 0) is 48.1 Å². The Hall–Kier alpha value is -2.00. The molecule has 0 fully saturated rings. The molecule has 3 nitrogen and oxygen atoms in total. The Morgan fingerprint density at radius 1 is 1.13 bits per heavy atom. The zero-order valence-corrected chi connectivity index (χ0v) is 14.2. The number of likely N-dealkylation sites (N-methyl/N-ethyl adjacent to an activating group) is 1. The second-order valence-corrected chi connectivity index (χ2v) is 6.09. The molecule has 2 N–H and O–H groups in total. The monoisotopic (exact) mass is 330 g/mol. The fourth-order valence-electron chi connectivity index (χ4n) is 3.15. The molecular formula is C19H23ClN2O. The second kappa shape index (κ2) is 7.51. The van der Waals surface area contributed by atoms with Crippen LogP contribution in [0.4, 0.5) is 5.69 Å². The summed E-state index contributed by atoms with van der Waals surface area (Å²) < 4.78 is 0. The van der Waals surface area contributed by atoms with Crippen LogP contribution in [-0.2, 0) is 24.1 Å². The molecule has 23 heavy (non-hydrogen) atoms. The number of rotatable bonds is 3. The van der Waals surface area contributed by atoms with Crippen molar-refractivity contribution in [1.29, 1.82) is 0 Å². The largest absolute Gasteiger partial charge is 0.399 e. The molecule has 0 saturated carbocycles.